The lowest BCUT2D eigenvalue weighted by atomic mass is 10.0. The largest absolute Gasteiger partial charge is 0.354 e. The zero-order valence-electron chi connectivity index (χ0n) is 13.1. The van der Waals surface area contributed by atoms with Crippen molar-refractivity contribution in [2.75, 3.05) is 6.54 Å². The van der Waals surface area contributed by atoms with Gasteiger partial charge >= 0.3 is 0 Å². The standard InChI is InChI=1S/C16H25N3O2/c1-12(2)15(19-13(3)20)16(21)18-11-7-5-9-14-8-4-6-10-17-14/h4,6,8,10,12,15H,5,7,9,11H2,1-3H3,(H,18,21)(H,19,20)/t15-/m0/s1. The second kappa shape index (κ2) is 9.10. The molecule has 2 N–H and O–H groups in total. The molecule has 0 radical (unpaired) electrons. The number of aryl methyl sites for hydroxylation is 1. The third-order valence-corrected chi connectivity index (χ3v) is 3.19. The molecule has 2 amide bonds. The molecule has 0 aliphatic heterocycles. The van der Waals surface area contributed by atoms with Gasteiger partial charge in [0.25, 0.3) is 0 Å². The average molecular weight is 291 g/mol. The number of hydrogen-bond acceptors (Lipinski definition) is 3. The van der Waals surface area contributed by atoms with Crippen LogP contribution in [-0.2, 0) is 16.0 Å². The van der Waals surface area contributed by atoms with Crippen LogP contribution in [0.25, 0.3) is 0 Å². The molecule has 0 aliphatic rings. The summed E-state index contributed by atoms with van der Waals surface area (Å²) >= 11 is 0. The Hall–Kier alpha value is -1.91. The summed E-state index contributed by atoms with van der Waals surface area (Å²) in [5.41, 5.74) is 1.07. The van der Waals surface area contributed by atoms with E-state index in [-0.39, 0.29) is 17.7 Å². The number of aromatic nitrogens is 1. The third kappa shape index (κ3) is 6.88. The Bertz CT molecular complexity index is 446. The summed E-state index contributed by atoms with van der Waals surface area (Å²) in [7, 11) is 0. The van der Waals surface area contributed by atoms with E-state index in [1.807, 2.05) is 32.0 Å². The summed E-state index contributed by atoms with van der Waals surface area (Å²) in [4.78, 5) is 27.4. The van der Waals surface area contributed by atoms with Gasteiger partial charge in [0.15, 0.2) is 0 Å². The van der Waals surface area contributed by atoms with Crippen molar-refractivity contribution in [3.63, 3.8) is 0 Å². The zero-order chi connectivity index (χ0) is 15.7. The van der Waals surface area contributed by atoms with Crippen molar-refractivity contribution in [2.24, 2.45) is 5.92 Å². The molecular weight excluding hydrogens is 266 g/mol. The summed E-state index contributed by atoms with van der Waals surface area (Å²) < 4.78 is 0. The summed E-state index contributed by atoms with van der Waals surface area (Å²) in [6.45, 7) is 5.88. The maximum absolute atomic E-state index is 12.0. The fraction of sp³-hybridized carbons (Fsp3) is 0.562. The van der Waals surface area contributed by atoms with Crippen LogP contribution in [0, 0.1) is 5.92 Å². The van der Waals surface area contributed by atoms with Gasteiger partial charge in [-0.2, -0.15) is 0 Å². The quantitative estimate of drug-likeness (QED) is 0.716. The van der Waals surface area contributed by atoms with Gasteiger partial charge in [0, 0.05) is 25.4 Å². The molecule has 1 rings (SSSR count). The summed E-state index contributed by atoms with van der Waals surface area (Å²) in [5, 5.41) is 5.57. The Morgan fingerprint density at radius 3 is 2.57 bits per heavy atom. The van der Waals surface area contributed by atoms with Crippen LogP contribution in [0.15, 0.2) is 24.4 Å². The molecule has 5 nitrogen and oxygen atoms in total. The molecule has 1 aromatic heterocycles. The van der Waals surface area contributed by atoms with Crippen LogP contribution in [-0.4, -0.2) is 29.4 Å². The maximum atomic E-state index is 12.0. The maximum Gasteiger partial charge on any atom is 0.242 e. The molecule has 1 aromatic rings. The van der Waals surface area contributed by atoms with E-state index in [4.69, 9.17) is 0 Å². The number of rotatable bonds is 8. The number of nitrogens with zero attached hydrogens (tertiary/aromatic N) is 1. The van der Waals surface area contributed by atoms with Crippen LogP contribution >= 0.6 is 0 Å². The smallest absolute Gasteiger partial charge is 0.242 e. The Morgan fingerprint density at radius 2 is 2.00 bits per heavy atom. The molecule has 21 heavy (non-hydrogen) atoms. The third-order valence-electron chi connectivity index (χ3n) is 3.19. The fourth-order valence-corrected chi connectivity index (χ4v) is 2.05. The first-order chi connectivity index (χ1) is 10.0. The topological polar surface area (TPSA) is 71.1 Å². The highest BCUT2D eigenvalue weighted by atomic mass is 16.2. The number of carbonyl (C=O) groups excluding carboxylic acids is 2. The molecule has 0 saturated heterocycles. The van der Waals surface area contributed by atoms with Crippen LogP contribution in [0.2, 0.25) is 0 Å². The van der Waals surface area contributed by atoms with E-state index in [0.29, 0.717) is 6.54 Å². The Kier molecular flexibility index (Phi) is 7.43. The first-order valence-corrected chi connectivity index (χ1v) is 7.45. The summed E-state index contributed by atoms with van der Waals surface area (Å²) in [5.74, 6) is -0.223. The van der Waals surface area contributed by atoms with Crippen LogP contribution in [0.4, 0.5) is 0 Å². The van der Waals surface area contributed by atoms with Crippen molar-refractivity contribution in [3.8, 4) is 0 Å². The molecule has 5 heteroatoms. The van der Waals surface area contributed by atoms with Gasteiger partial charge in [-0.15, -0.1) is 0 Å². The first kappa shape index (κ1) is 17.1. The van der Waals surface area contributed by atoms with E-state index in [0.717, 1.165) is 25.0 Å². The van der Waals surface area contributed by atoms with E-state index < -0.39 is 6.04 Å². The number of unbranched alkanes of at least 4 members (excludes halogenated alkanes) is 1. The van der Waals surface area contributed by atoms with E-state index in [1.54, 1.807) is 6.20 Å². The monoisotopic (exact) mass is 291 g/mol. The van der Waals surface area contributed by atoms with Gasteiger partial charge in [-0.3, -0.25) is 14.6 Å². The van der Waals surface area contributed by atoms with Crippen molar-refractivity contribution in [3.05, 3.63) is 30.1 Å². The highest BCUT2D eigenvalue weighted by Gasteiger charge is 2.22. The number of carbonyl (C=O) groups is 2. The first-order valence-electron chi connectivity index (χ1n) is 7.45. The Labute approximate surface area is 126 Å². The predicted molar refractivity (Wildman–Crippen MR) is 82.6 cm³/mol. The number of amides is 2. The number of hydrogen-bond donors (Lipinski definition) is 2. The average Bonchev–Trinajstić information content (AvgIpc) is 2.44. The second-order valence-electron chi connectivity index (χ2n) is 5.49. The van der Waals surface area contributed by atoms with E-state index in [2.05, 4.69) is 15.6 Å². The Balaban J connectivity index is 2.24. The van der Waals surface area contributed by atoms with Gasteiger partial charge in [-0.1, -0.05) is 19.9 Å². The molecule has 0 aromatic carbocycles. The van der Waals surface area contributed by atoms with Crippen molar-refractivity contribution in [1.82, 2.24) is 15.6 Å². The van der Waals surface area contributed by atoms with Crippen LogP contribution < -0.4 is 10.6 Å². The van der Waals surface area contributed by atoms with Crippen LogP contribution in [0.3, 0.4) is 0 Å². The second-order valence-corrected chi connectivity index (χ2v) is 5.49. The highest BCUT2D eigenvalue weighted by molar-refractivity contribution is 5.86. The van der Waals surface area contributed by atoms with Gasteiger partial charge in [0.05, 0.1) is 0 Å². The molecule has 0 unspecified atom stereocenters. The van der Waals surface area contributed by atoms with Gasteiger partial charge < -0.3 is 10.6 Å². The molecule has 0 spiro atoms. The molecule has 0 fully saturated rings. The minimum absolute atomic E-state index is 0.0717. The molecule has 116 valence electrons. The van der Waals surface area contributed by atoms with E-state index >= 15 is 0 Å². The number of pyridine rings is 1. The zero-order valence-corrected chi connectivity index (χ0v) is 13.1. The van der Waals surface area contributed by atoms with Crippen molar-refractivity contribution < 1.29 is 9.59 Å². The van der Waals surface area contributed by atoms with E-state index in [9.17, 15) is 9.59 Å². The van der Waals surface area contributed by atoms with Gasteiger partial charge in [-0.05, 0) is 37.3 Å². The molecule has 0 aliphatic carbocycles. The number of nitrogens with one attached hydrogen (secondary N) is 2. The lowest BCUT2D eigenvalue weighted by Gasteiger charge is -2.20. The van der Waals surface area contributed by atoms with Crippen molar-refractivity contribution in [2.45, 2.75) is 46.1 Å². The van der Waals surface area contributed by atoms with Gasteiger partial charge in [0.1, 0.15) is 6.04 Å². The van der Waals surface area contributed by atoms with E-state index in [1.165, 1.54) is 6.92 Å². The summed E-state index contributed by atoms with van der Waals surface area (Å²) in [6, 6.07) is 5.42. The minimum atomic E-state index is -0.460. The molecule has 1 heterocycles. The van der Waals surface area contributed by atoms with Crippen LogP contribution in [0.1, 0.15) is 39.3 Å². The lowest BCUT2D eigenvalue weighted by Crippen LogP contribution is -2.49. The predicted octanol–water partition coefficient (Wildman–Crippen LogP) is 1.68. The van der Waals surface area contributed by atoms with Crippen LogP contribution in [0.5, 0.6) is 0 Å². The normalized spacial score (nSPS) is 12.0. The summed E-state index contributed by atoms with van der Waals surface area (Å²) in [6.07, 6.45) is 4.57. The lowest BCUT2D eigenvalue weighted by molar-refractivity contribution is -0.129. The molecule has 0 saturated carbocycles. The molecule has 1 atom stereocenters. The SMILES string of the molecule is CC(=O)N[C@H](C(=O)NCCCCc1ccccn1)C(C)C. The van der Waals surface area contributed by atoms with Crippen molar-refractivity contribution in [1.29, 1.82) is 0 Å². The van der Waals surface area contributed by atoms with Gasteiger partial charge in [-0.25, -0.2) is 0 Å². The van der Waals surface area contributed by atoms with Gasteiger partial charge in [0.2, 0.25) is 11.8 Å². The fourth-order valence-electron chi connectivity index (χ4n) is 2.05. The molecule has 0 bridgehead atoms. The minimum Gasteiger partial charge on any atom is -0.354 e. The molecular formula is C16H25N3O2. The van der Waals surface area contributed by atoms with Crippen molar-refractivity contribution >= 4 is 11.8 Å². The highest BCUT2D eigenvalue weighted by Crippen LogP contribution is 2.03. The Morgan fingerprint density at radius 1 is 1.24 bits per heavy atom.